The largest absolute Gasteiger partial charge is 0.474 e. The van der Waals surface area contributed by atoms with E-state index in [4.69, 9.17) is 15.2 Å². The van der Waals surface area contributed by atoms with E-state index in [9.17, 15) is 0 Å². The highest BCUT2D eigenvalue weighted by molar-refractivity contribution is 5.32. The van der Waals surface area contributed by atoms with Crippen LogP contribution in [0.1, 0.15) is 37.9 Å². The van der Waals surface area contributed by atoms with Gasteiger partial charge in [0.1, 0.15) is 18.5 Å². The second-order valence-electron chi connectivity index (χ2n) is 4.36. The number of anilines is 1. The molecular formula is C12H19N3O2. The Hall–Kier alpha value is -1.36. The molecular weight excluding hydrogens is 218 g/mol. The molecule has 1 aromatic rings. The quantitative estimate of drug-likeness (QED) is 0.866. The molecule has 0 radical (unpaired) electrons. The average Bonchev–Trinajstić information content (AvgIpc) is 2.30. The fraction of sp³-hybridized carbons (Fsp3) is 0.667. The number of hydrogen-bond acceptors (Lipinski definition) is 5. The van der Waals surface area contributed by atoms with Gasteiger partial charge >= 0.3 is 0 Å². The Kier molecular flexibility index (Phi) is 4.14. The summed E-state index contributed by atoms with van der Waals surface area (Å²) in [5, 5.41) is 0. The molecule has 0 aromatic carbocycles. The minimum Gasteiger partial charge on any atom is -0.474 e. The van der Waals surface area contributed by atoms with E-state index in [2.05, 4.69) is 9.97 Å². The lowest BCUT2D eigenvalue weighted by Gasteiger charge is -2.22. The van der Waals surface area contributed by atoms with Crippen molar-refractivity contribution in [2.24, 2.45) is 0 Å². The lowest BCUT2D eigenvalue weighted by atomic mass is 9.98. The van der Waals surface area contributed by atoms with Gasteiger partial charge in [0, 0.05) is 13.2 Å². The zero-order valence-electron chi connectivity index (χ0n) is 10.2. The molecule has 2 rings (SSSR count). The van der Waals surface area contributed by atoms with E-state index < -0.39 is 0 Å². The first-order valence-electron chi connectivity index (χ1n) is 6.07. The Morgan fingerprint density at radius 3 is 2.76 bits per heavy atom. The number of nitrogens with two attached hydrogens (primary N) is 1. The van der Waals surface area contributed by atoms with E-state index in [0.717, 1.165) is 12.8 Å². The predicted octanol–water partition coefficient (Wildman–Crippen LogP) is 1.92. The topological polar surface area (TPSA) is 70.3 Å². The first kappa shape index (κ1) is 12.1. The Morgan fingerprint density at radius 1 is 1.29 bits per heavy atom. The van der Waals surface area contributed by atoms with Crippen LogP contribution in [-0.2, 0) is 11.3 Å². The highest BCUT2D eigenvalue weighted by atomic mass is 16.5. The second-order valence-corrected chi connectivity index (χ2v) is 4.36. The fourth-order valence-electron chi connectivity index (χ4n) is 2.10. The SMILES string of the molecule is COCc1nc(N)cc(OC2CCCCC2)n1. The van der Waals surface area contributed by atoms with Crippen LogP contribution in [0.5, 0.6) is 5.88 Å². The monoisotopic (exact) mass is 237 g/mol. The number of nitrogen functional groups attached to an aromatic ring is 1. The highest BCUT2D eigenvalue weighted by Gasteiger charge is 2.16. The molecule has 0 unspecified atom stereocenters. The maximum absolute atomic E-state index is 5.84. The van der Waals surface area contributed by atoms with E-state index in [-0.39, 0.29) is 6.10 Å². The van der Waals surface area contributed by atoms with E-state index in [0.29, 0.717) is 24.1 Å². The molecule has 1 aliphatic rings. The van der Waals surface area contributed by atoms with E-state index >= 15 is 0 Å². The summed E-state index contributed by atoms with van der Waals surface area (Å²) in [4.78, 5) is 8.36. The molecule has 0 amide bonds. The molecule has 94 valence electrons. The summed E-state index contributed by atoms with van der Waals surface area (Å²) in [5.74, 6) is 1.56. The van der Waals surface area contributed by atoms with Crippen LogP contribution >= 0.6 is 0 Å². The van der Waals surface area contributed by atoms with Crippen molar-refractivity contribution < 1.29 is 9.47 Å². The summed E-state index contributed by atoms with van der Waals surface area (Å²) in [7, 11) is 1.61. The average molecular weight is 237 g/mol. The molecule has 2 N–H and O–H groups in total. The van der Waals surface area contributed by atoms with E-state index in [1.165, 1.54) is 19.3 Å². The minimum absolute atomic E-state index is 0.272. The molecule has 0 spiro atoms. The van der Waals surface area contributed by atoms with Crippen LogP contribution in [0.4, 0.5) is 5.82 Å². The Balaban J connectivity index is 2.03. The molecule has 1 aliphatic carbocycles. The van der Waals surface area contributed by atoms with Gasteiger partial charge in [-0.15, -0.1) is 0 Å². The van der Waals surface area contributed by atoms with Gasteiger partial charge in [-0.2, -0.15) is 4.98 Å². The van der Waals surface area contributed by atoms with E-state index in [1.54, 1.807) is 13.2 Å². The molecule has 5 heteroatoms. The molecule has 1 aromatic heterocycles. The van der Waals surface area contributed by atoms with Gasteiger partial charge in [0.05, 0.1) is 0 Å². The molecule has 0 bridgehead atoms. The standard InChI is InChI=1S/C12H19N3O2/c1-16-8-11-14-10(13)7-12(15-11)17-9-5-3-2-4-6-9/h7,9H,2-6,8H2,1H3,(H2,13,14,15). The first-order valence-corrected chi connectivity index (χ1v) is 6.07. The van der Waals surface area contributed by atoms with E-state index in [1.807, 2.05) is 0 Å². The number of rotatable bonds is 4. The fourth-order valence-corrected chi connectivity index (χ4v) is 2.10. The summed E-state index contributed by atoms with van der Waals surface area (Å²) < 4.78 is 10.8. The molecule has 5 nitrogen and oxygen atoms in total. The molecule has 1 saturated carbocycles. The number of aromatic nitrogens is 2. The van der Waals surface area contributed by atoms with Crippen LogP contribution in [0.15, 0.2) is 6.07 Å². The van der Waals surface area contributed by atoms with Crippen LogP contribution in [0, 0.1) is 0 Å². The van der Waals surface area contributed by atoms with Crippen molar-refractivity contribution in [2.75, 3.05) is 12.8 Å². The molecule has 0 aliphatic heterocycles. The number of ether oxygens (including phenoxy) is 2. The van der Waals surface area contributed by atoms with Crippen molar-refractivity contribution in [3.63, 3.8) is 0 Å². The van der Waals surface area contributed by atoms with Gasteiger partial charge in [-0.25, -0.2) is 4.98 Å². The summed E-state index contributed by atoms with van der Waals surface area (Å²) in [6.07, 6.45) is 6.24. The lowest BCUT2D eigenvalue weighted by molar-refractivity contribution is 0.144. The third-order valence-corrected chi connectivity index (χ3v) is 2.88. The second kappa shape index (κ2) is 5.82. The van der Waals surface area contributed by atoms with Gasteiger partial charge in [-0.1, -0.05) is 6.42 Å². The maximum Gasteiger partial charge on any atom is 0.219 e. The van der Waals surface area contributed by atoms with Crippen molar-refractivity contribution in [1.29, 1.82) is 0 Å². The van der Waals surface area contributed by atoms with Gasteiger partial charge in [-0.05, 0) is 25.7 Å². The van der Waals surface area contributed by atoms with Crippen LogP contribution in [0.2, 0.25) is 0 Å². The van der Waals surface area contributed by atoms with Crippen molar-refractivity contribution in [3.8, 4) is 5.88 Å². The van der Waals surface area contributed by atoms with Gasteiger partial charge in [-0.3, -0.25) is 0 Å². The summed E-state index contributed by atoms with van der Waals surface area (Å²) in [5.41, 5.74) is 5.71. The third kappa shape index (κ3) is 3.56. The predicted molar refractivity (Wildman–Crippen MR) is 64.7 cm³/mol. The van der Waals surface area contributed by atoms with Gasteiger partial charge in [0.2, 0.25) is 5.88 Å². The highest BCUT2D eigenvalue weighted by Crippen LogP contribution is 2.23. The maximum atomic E-state index is 5.84. The molecule has 17 heavy (non-hydrogen) atoms. The zero-order chi connectivity index (χ0) is 12.1. The van der Waals surface area contributed by atoms with Crippen LogP contribution in [0.3, 0.4) is 0 Å². The lowest BCUT2D eigenvalue weighted by Crippen LogP contribution is -2.20. The minimum atomic E-state index is 0.272. The molecule has 1 fully saturated rings. The number of nitrogens with zero attached hydrogens (tertiary/aromatic N) is 2. The van der Waals surface area contributed by atoms with Crippen molar-refractivity contribution in [3.05, 3.63) is 11.9 Å². The van der Waals surface area contributed by atoms with Crippen molar-refractivity contribution in [1.82, 2.24) is 9.97 Å². The normalized spacial score (nSPS) is 17.0. The first-order chi connectivity index (χ1) is 8.28. The van der Waals surface area contributed by atoms with Crippen molar-refractivity contribution >= 4 is 5.82 Å². The molecule has 1 heterocycles. The van der Waals surface area contributed by atoms with Gasteiger partial charge < -0.3 is 15.2 Å². The zero-order valence-corrected chi connectivity index (χ0v) is 10.2. The van der Waals surface area contributed by atoms with Crippen LogP contribution < -0.4 is 10.5 Å². The van der Waals surface area contributed by atoms with Crippen LogP contribution in [-0.4, -0.2) is 23.2 Å². The Morgan fingerprint density at radius 2 is 2.06 bits per heavy atom. The summed E-state index contributed by atoms with van der Waals surface area (Å²) in [6.45, 7) is 0.353. The third-order valence-electron chi connectivity index (χ3n) is 2.88. The van der Waals surface area contributed by atoms with Crippen molar-refractivity contribution in [2.45, 2.75) is 44.8 Å². The number of methoxy groups -OCH3 is 1. The Bertz CT molecular complexity index is 365. The smallest absolute Gasteiger partial charge is 0.219 e. The van der Waals surface area contributed by atoms with Gasteiger partial charge in [0.15, 0.2) is 5.82 Å². The number of hydrogen-bond donors (Lipinski definition) is 1. The van der Waals surface area contributed by atoms with Gasteiger partial charge in [0.25, 0.3) is 0 Å². The molecule has 0 atom stereocenters. The van der Waals surface area contributed by atoms with Crippen LogP contribution in [0.25, 0.3) is 0 Å². The molecule has 0 saturated heterocycles. The Labute approximate surface area is 101 Å². The summed E-state index contributed by atoms with van der Waals surface area (Å²) in [6, 6.07) is 1.67. The summed E-state index contributed by atoms with van der Waals surface area (Å²) >= 11 is 0.